The van der Waals surface area contributed by atoms with Gasteiger partial charge < -0.3 is 15.7 Å². The lowest BCUT2D eigenvalue weighted by molar-refractivity contribution is -0.140. The molecule has 0 bridgehead atoms. The first kappa shape index (κ1) is 19.8. The Morgan fingerprint density at radius 1 is 1.19 bits per heavy atom. The molecule has 0 fully saturated rings. The summed E-state index contributed by atoms with van der Waals surface area (Å²) in [6.07, 6.45) is 4.35. The van der Waals surface area contributed by atoms with Gasteiger partial charge in [-0.3, -0.25) is 9.59 Å². The third kappa shape index (κ3) is 11.1. The molecular weight excluding hydrogens is 292 g/mol. The Morgan fingerprint density at radius 2 is 1.86 bits per heavy atom. The summed E-state index contributed by atoms with van der Waals surface area (Å²) in [5.74, 6) is -1.22. The number of carboxylic acid groups (broad SMARTS) is 1. The molecule has 0 aromatic heterocycles. The molecule has 0 spiro atoms. The third-order valence-corrected chi connectivity index (χ3v) is 3.88. The molecule has 0 aromatic rings. The van der Waals surface area contributed by atoms with Gasteiger partial charge in [0.1, 0.15) is 6.04 Å². The van der Waals surface area contributed by atoms with Gasteiger partial charge in [-0.1, -0.05) is 26.2 Å². The van der Waals surface area contributed by atoms with E-state index in [1.54, 1.807) is 0 Å². The van der Waals surface area contributed by atoms with Gasteiger partial charge in [-0.15, -0.1) is 11.8 Å². The van der Waals surface area contributed by atoms with Crippen molar-refractivity contribution >= 4 is 29.5 Å². The molecule has 0 aromatic carbocycles. The van der Waals surface area contributed by atoms with Crippen molar-refractivity contribution < 1.29 is 19.5 Å². The number of rotatable bonds is 11. The monoisotopic (exact) mass is 318 g/mol. The Kier molecular flexibility index (Phi) is 10.7. The van der Waals surface area contributed by atoms with Crippen molar-refractivity contribution in [2.24, 2.45) is 0 Å². The Balaban J connectivity index is 3.90. The van der Waals surface area contributed by atoms with E-state index in [0.717, 1.165) is 25.7 Å². The van der Waals surface area contributed by atoms with E-state index in [0.29, 0.717) is 0 Å². The SMILES string of the molecule is CCCCCC(C)NC(=O)CSC[C@H](NC(C)=O)C(=O)O. The van der Waals surface area contributed by atoms with Crippen LogP contribution in [-0.4, -0.2) is 46.5 Å². The highest BCUT2D eigenvalue weighted by Crippen LogP contribution is 2.06. The highest BCUT2D eigenvalue weighted by atomic mass is 32.2. The number of unbranched alkanes of at least 4 members (excludes halogenated alkanes) is 2. The van der Waals surface area contributed by atoms with Crippen LogP contribution in [0.5, 0.6) is 0 Å². The number of hydrogen-bond acceptors (Lipinski definition) is 4. The van der Waals surface area contributed by atoms with Gasteiger partial charge in [-0.2, -0.15) is 0 Å². The number of thioether (sulfide) groups is 1. The Bertz CT molecular complexity index is 350. The maximum Gasteiger partial charge on any atom is 0.327 e. The van der Waals surface area contributed by atoms with Crippen molar-refractivity contribution in [3.63, 3.8) is 0 Å². The Labute approximate surface area is 130 Å². The zero-order valence-electron chi connectivity index (χ0n) is 13.0. The molecule has 0 aliphatic rings. The summed E-state index contributed by atoms with van der Waals surface area (Å²) in [6.45, 7) is 5.37. The number of carbonyl (C=O) groups excluding carboxylic acids is 2. The summed E-state index contributed by atoms with van der Waals surface area (Å²) in [5.41, 5.74) is 0. The number of carboxylic acids is 1. The van der Waals surface area contributed by atoms with Crippen molar-refractivity contribution in [3.05, 3.63) is 0 Å². The van der Waals surface area contributed by atoms with E-state index in [4.69, 9.17) is 5.11 Å². The molecule has 21 heavy (non-hydrogen) atoms. The van der Waals surface area contributed by atoms with Crippen LogP contribution in [0.4, 0.5) is 0 Å². The highest BCUT2D eigenvalue weighted by molar-refractivity contribution is 8.00. The minimum Gasteiger partial charge on any atom is -0.480 e. The van der Waals surface area contributed by atoms with Crippen LogP contribution in [-0.2, 0) is 14.4 Å². The van der Waals surface area contributed by atoms with Crippen molar-refractivity contribution in [1.82, 2.24) is 10.6 Å². The number of carbonyl (C=O) groups is 3. The molecule has 0 rings (SSSR count). The van der Waals surface area contributed by atoms with Gasteiger partial charge in [-0.25, -0.2) is 4.79 Å². The second-order valence-electron chi connectivity index (χ2n) is 5.07. The average molecular weight is 318 g/mol. The van der Waals surface area contributed by atoms with Crippen LogP contribution in [0.25, 0.3) is 0 Å². The maximum absolute atomic E-state index is 11.7. The van der Waals surface area contributed by atoms with E-state index in [9.17, 15) is 14.4 Å². The van der Waals surface area contributed by atoms with E-state index in [2.05, 4.69) is 17.6 Å². The van der Waals surface area contributed by atoms with E-state index >= 15 is 0 Å². The van der Waals surface area contributed by atoms with Gasteiger partial charge in [0.25, 0.3) is 0 Å². The van der Waals surface area contributed by atoms with E-state index < -0.39 is 17.9 Å². The molecule has 3 N–H and O–H groups in total. The quantitative estimate of drug-likeness (QED) is 0.500. The Morgan fingerprint density at radius 3 is 2.38 bits per heavy atom. The van der Waals surface area contributed by atoms with Crippen LogP contribution in [0.3, 0.4) is 0 Å². The molecule has 0 heterocycles. The number of hydrogen-bond donors (Lipinski definition) is 3. The molecule has 6 nitrogen and oxygen atoms in total. The smallest absolute Gasteiger partial charge is 0.327 e. The standard InChI is InChI=1S/C14H26N2O4S/c1-4-5-6-7-10(2)15-13(18)9-21-8-12(14(19)20)16-11(3)17/h10,12H,4-9H2,1-3H3,(H,15,18)(H,16,17)(H,19,20)/t10?,12-/m0/s1. The predicted molar refractivity (Wildman–Crippen MR) is 84.3 cm³/mol. The first-order valence-corrected chi connectivity index (χ1v) is 8.39. The van der Waals surface area contributed by atoms with Crippen LogP contribution < -0.4 is 10.6 Å². The molecule has 0 saturated carbocycles. The lowest BCUT2D eigenvalue weighted by atomic mass is 10.1. The molecule has 0 aliphatic carbocycles. The number of amides is 2. The lowest BCUT2D eigenvalue weighted by Crippen LogP contribution is -2.42. The molecule has 7 heteroatoms. The van der Waals surface area contributed by atoms with E-state index in [1.165, 1.54) is 18.7 Å². The van der Waals surface area contributed by atoms with E-state index in [-0.39, 0.29) is 23.5 Å². The second-order valence-corrected chi connectivity index (χ2v) is 6.10. The minimum atomic E-state index is -1.09. The minimum absolute atomic E-state index is 0.101. The molecule has 122 valence electrons. The fourth-order valence-electron chi connectivity index (χ4n) is 1.78. The summed E-state index contributed by atoms with van der Waals surface area (Å²) < 4.78 is 0. The Hall–Kier alpha value is -1.24. The van der Waals surface area contributed by atoms with Crippen molar-refractivity contribution in [3.8, 4) is 0 Å². The second kappa shape index (κ2) is 11.4. The normalized spacial score (nSPS) is 13.3. The van der Waals surface area contributed by atoms with Crippen LogP contribution in [0, 0.1) is 0 Å². The molecule has 0 saturated heterocycles. The molecular formula is C14H26N2O4S. The van der Waals surface area contributed by atoms with Gasteiger partial charge in [0.15, 0.2) is 0 Å². The largest absolute Gasteiger partial charge is 0.480 e. The maximum atomic E-state index is 11.7. The van der Waals surface area contributed by atoms with Gasteiger partial charge >= 0.3 is 5.97 Å². The van der Waals surface area contributed by atoms with Gasteiger partial charge in [0.2, 0.25) is 11.8 Å². The van der Waals surface area contributed by atoms with Crippen LogP contribution in [0.2, 0.25) is 0 Å². The molecule has 2 amide bonds. The molecule has 0 aliphatic heterocycles. The van der Waals surface area contributed by atoms with Crippen LogP contribution in [0.15, 0.2) is 0 Å². The summed E-state index contributed by atoms with van der Waals surface area (Å²) in [4.78, 5) is 33.5. The lowest BCUT2D eigenvalue weighted by Gasteiger charge is -2.15. The number of aliphatic carboxylic acids is 1. The fraction of sp³-hybridized carbons (Fsp3) is 0.786. The van der Waals surface area contributed by atoms with Crippen molar-refractivity contribution in [2.75, 3.05) is 11.5 Å². The zero-order valence-corrected chi connectivity index (χ0v) is 13.8. The van der Waals surface area contributed by atoms with E-state index in [1.807, 2.05) is 6.92 Å². The fourth-order valence-corrected chi connectivity index (χ4v) is 2.63. The zero-order chi connectivity index (χ0) is 16.3. The third-order valence-electron chi connectivity index (χ3n) is 2.84. The first-order valence-electron chi connectivity index (χ1n) is 7.23. The van der Waals surface area contributed by atoms with Crippen molar-refractivity contribution in [2.45, 2.75) is 58.5 Å². The molecule has 2 atom stereocenters. The predicted octanol–water partition coefficient (Wildman–Crippen LogP) is 1.39. The highest BCUT2D eigenvalue weighted by Gasteiger charge is 2.18. The van der Waals surface area contributed by atoms with Gasteiger partial charge in [-0.05, 0) is 13.3 Å². The number of nitrogens with one attached hydrogen (secondary N) is 2. The van der Waals surface area contributed by atoms with Crippen LogP contribution >= 0.6 is 11.8 Å². The average Bonchev–Trinajstić information content (AvgIpc) is 2.37. The van der Waals surface area contributed by atoms with Gasteiger partial charge in [0, 0.05) is 18.7 Å². The molecule has 0 radical (unpaired) electrons. The first-order chi connectivity index (χ1) is 9.86. The van der Waals surface area contributed by atoms with Crippen molar-refractivity contribution in [1.29, 1.82) is 0 Å². The summed E-state index contributed by atoms with van der Waals surface area (Å²) in [5, 5.41) is 14.1. The summed E-state index contributed by atoms with van der Waals surface area (Å²) in [7, 11) is 0. The van der Waals surface area contributed by atoms with Crippen LogP contribution in [0.1, 0.15) is 46.5 Å². The summed E-state index contributed by atoms with van der Waals surface area (Å²) in [6, 6.07) is -0.822. The van der Waals surface area contributed by atoms with Gasteiger partial charge in [0.05, 0.1) is 5.75 Å². The summed E-state index contributed by atoms with van der Waals surface area (Å²) >= 11 is 1.20. The topological polar surface area (TPSA) is 95.5 Å². The molecule has 1 unspecified atom stereocenters.